The van der Waals surface area contributed by atoms with Gasteiger partial charge in [-0.05, 0) is 25.3 Å². The number of rotatable bonds is 5. The molecule has 1 aliphatic rings. The van der Waals surface area contributed by atoms with E-state index in [1.165, 1.54) is 25.0 Å². The molecular weight excluding hydrogens is 296 g/mol. The van der Waals surface area contributed by atoms with Crippen LogP contribution in [-0.4, -0.2) is 32.6 Å². The molecular formula is C16H20N4O3. The highest BCUT2D eigenvalue weighted by molar-refractivity contribution is 5.58. The maximum Gasteiger partial charge on any atom is 0.270 e. The third-order valence-corrected chi connectivity index (χ3v) is 4.31. The van der Waals surface area contributed by atoms with Gasteiger partial charge in [0.25, 0.3) is 5.69 Å². The topological polar surface area (TPSA) is 85.3 Å². The predicted octanol–water partition coefficient (Wildman–Crippen LogP) is 3.27. The lowest BCUT2D eigenvalue weighted by atomic mass is 10.0. The Kier molecular flexibility index (Phi) is 4.38. The molecule has 3 rings (SSSR count). The van der Waals surface area contributed by atoms with E-state index in [2.05, 4.69) is 28.9 Å². The molecule has 1 atom stereocenters. The highest BCUT2D eigenvalue weighted by Crippen LogP contribution is 2.26. The van der Waals surface area contributed by atoms with Crippen LogP contribution in [0.2, 0.25) is 0 Å². The fourth-order valence-corrected chi connectivity index (χ4v) is 3.17. The van der Waals surface area contributed by atoms with Gasteiger partial charge in [0, 0.05) is 23.7 Å². The summed E-state index contributed by atoms with van der Waals surface area (Å²) in [5, 5.41) is 14.8. The molecule has 2 aromatic rings. The van der Waals surface area contributed by atoms with Crippen molar-refractivity contribution in [2.24, 2.45) is 5.92 Å². The number of non-ortho nitro benzene ring substituents is 1. The molecule has 1 aromatic heterocycles. The minimum atomic E-state index is -0.429. The van der Waals surface area contributed by atoms with Crippen molar-refractivity contribution in [1.29, 1.82) is 0 Å². The maximum absolute atomic E-state index is 10.9. The molecule has 1 aliphatic heterocycles. The molecule has 0 N–H and O–H groups in total. The highest BCUT2D eigenvalue weighted by Gasteiger charge is 2.28. The number of hydrogen-bond donors (Lipinski definition) is 0. The largest absolute Gasteiger partial charge is 0.338 e. The fraction of sp³-hybridized carbons (Fsp3) is 0.500. The summed E-state index contributed by atoms with van der Waals surface area (Å²) in [5.74, 6) is 1.54. The Labute approximate surface area is 134 Å². The molecule has 0 amide bonds. The van der Waals surface area contributed by atoms with Crippen molar-refractivity contribution >= 4 is 5.69 Å². The summed E-state index contributed by atoms with van der Waals surface area (Å²) >= 11 is 0. The fourth-order valence-electron chi connectivity index (χ4n) is 3.17. The zero-order chi connectivity index (χ0) is 16.4. The van der Waals surface area contributed by atoms with Crippen molar-refractivity contribution in [2.45, 2.75) is 39.3 Å². The third kappa shape index (κ3) is 3.39. The summed E-state index contributed by atoms with van der Waals surface area (Å²) < 4.78 is 5.34. The number of nitrogens with zero attached hydrogens (tertiary/aromatic N) is 4. The number of nitro groups is 1. The van der Waals surface area contributed by atoms with Crippen molar-refractivity contribution in [3.05, 3.63) is 40.3 Å². The Bertz CT molecular complexity index is 698. The van der Waals surface area contributed by atoms with Gasteiger partial charge in [0.1, 0.15) is 0 Å². The van der Waals surface area contributed by atoms with E-state index in [1.54, 1.807) is 12.1 Å². The average Bonchev–Trinajstić information content (AvgIpc) is 3.17. The summed E-state index contributed by atoms with van der Waals surface area (Å²) in [7, 11) is 0. The Morgan fingerprint density at radius 2 is 2.30 bits per heavy atom. The first kappa shape index (κ1) is 15.6. The Hall–Kier alpha value is -2.28. The molecule has 2 heterocycles. The van der Waals surface area contributed by atoms with E-state index in [-0.39, 0.29) is 5.69 Å². The lowest BCUT2D eigenvalue weighted by Crippen LogP contribution is -2.32. The monoisotopic (exact) mass is 316 g/mol. The predicted molar refractivity (Wildman–Crippen MR) is 84.7 cm³/mol. The van der Waals surface area contributed by atoms with Gasteiger partial charge in [-0.15, -0.1) is 0 Å². The minimum Gasteiger partial charge on any atom is -0.338 e. The van der Waals surface area contributed by atoms with Gasteiger partial charge >= 0.3 is 0 Å². The van der Waals surface area contributed by atoms with Crippen LogP contribution in [0.1, 0.15) is 32.6 Å². The van der Waals surface area contributed by atoms with Gasteiger partial charge in [-0.25, -0.2) is 0 Å². The van der Waals surface area contributed by atoms with Crippen molar-refractivity contribution in [3.8, 4) is 11.4 Å². The minimum absolute atomic E-state index is 0.0215. The van der Waals surface area contributed by atoms with E-state index < -0.39 is 4.92 Å². The first-order valence-corrected chi connectivity index (χ1v) is 7.86. The first-order valence-electron chi connectivity index (χ1n) is 7.86. The Morgan fingerprint density at radius 3 is 3.04 bits per heavy atom. The summed E-state index contributed by atoms with van der Waals surface area (Å²) in [4.78, 5) is 17.2. The van der Waals surface area contributed by atoms with Crippen molar-refractivity contribution in [2.75, 3.05) is 6.54 Å². The van der Waals surface area contributed by atoms with Crippen LogP contribution in [0, 0.1) is 16.0 Å². The molecule has 0 spiro atoms. The van der Waals surface area contributed by atoms with Crippen LogP contribution in [0.4, 0.5) is 5.69 Å². The number of benzene rings is 1. The van der Waals surface area contributed by atoms with Crippen LogP contribution >= 0.6 is 0 Å². The van der Waals surface area contributed by atoms with Gasteiger partial charge < -0.3 is 4.52 Å². The SMILES string of the molecule is CC(C)[C@@H]1CCCN1Cc1nc(-c2cccc([N+](=O)[O-])c2)no1. The Balaban J connectivity index is 1.76. The normalized spacial score (nSPS) is 18.7. The number of hydrogen-bond acceptors (Lipinski definition) is 6. The quantitative estimate of drug-likeness (QED) is 0.621. The molecule has 0 unspecified atom stereocenters. The lowest BCUT2D eigenvalue weighted by molar-refractivity contribution is -0.384. The van der Waals surface area contributed by atoms with E-state index >= 15 is 0 Å². The van der Waals surface area contributed by atoms with Gasteiger partial charge in [-0.2, -0.15) is 4.98 Å². The smallest absolute Gasteiger partial charge is 0.270 e. The number of nitro benzene ring substituents is 1. The van der Waals surface area contributed by atoms with Crippen LogP contribution in [0.5, 0.6) is 0 Å². The molecule has 0 aliphatic carbocycles. The molecule has 23 heavy (non-hydrogen) atoms. The third-order valence-electron chi connectivity index (χ3n) is 4.31. The van der Waals surface area contributed by atoms with E-state index in [1.807, 2.05) is 0 Å². The van der Waals surface area contributed by atoms with Crippen LogP contribution in [0.3, 0.4) is 0 Å². The molecule has 7 nitrogen and oxygen atoms in total. The van der Waals surface area contributed by atoms with E-state index in [0.717, 1.165) is 6.54 Å². The van der Waals surface area contributed by atoms with Crippen molar-refractivity contribution in [3.63, 3.8) is 0 Å². The molecule has 1 aromatic carbocycles. The lowest BCUT2D eigenvalue weighted by Gasteiger charge is -2.25. The number of likely N-dealkylation sites (tertiary alicyclic amines) is 1. The molecule has 1 saturated heterocycles. The molecule has 1 fully saturated rings. The summed E-state index contributed by atoms with van der Waals surface area (Å²) in [5.41, 5.74) is 0.615. The number of aromatic nitrogens is 2. The highest BCUT2D eigenvalue weighted by atomic mass is 16.6. The summed E-state index contributed by atoms with van der Waals surface area (Å²) in [6.07, 6.45) is 2.39. The van der Waals surface area contributed by atoms with Crippen LogP contribution in [0.25, 0.3) is 11.4 Å². The van der Waals surface area contributed by atoms with Gasteiger partial charge in [0.05, 0.1) is 11.5 Å². The summed E-state index contributed by atoms with van der Waals surface area (Å²) in [6.45, 7) is 6.12. The van der Waals surface area contributed by atoms with Crippen LogP contribution in [0.15, 0.2) is 28.8 Å². The van der Waals surface area contributed by atoms with Crippen molar-refractivity contribution in [1.82, 2.24) is 15.0 Å². The van der Waals surface area contributed by atoms with Gasteiger partial charge in [0.15, 0.2) is 0 Å². The second kappa shape index (κ2) is 6.45. The molecule has 122 valence electrons. The van der Waals surface area contributed by atoms with Crippen molar-refractivity contribution < 1.29 is 9.45 Å². The van der Waals surface area contributed by atoms with Crippen LogP contribution in [-0.2, 0) is 6.54 Å². The van der Waals surface area contributed by atoms with Gasteiger partial charge in [0.2, 0.25) is 11.7 Å². The molecule has 0 saturated carbocycles. The second-order valence-corrected chi connectivity index (χ2v) is 6.24. The van der Waals surface area contributed by atoms with Gasteiger partial charge in [-0.1, -0.05) is 31.1 Å². The zero-order valence-electron chi connectivity index (χ0n) is 13.3. The first-order chi connectivity index (χ1) is 11.0. The van der Waals surface area contributed by atoms with E-state index in [4.69, 9.17) is 4.52 Å². The van der Waals surface area contributed by atoms with E-state index in [9.17, 15) is 10.1 Å². The average molecular weight is 316 g/mol. The van der Waals surface area contributed by atoms with E-state index in [0.29, 0.717) is 35.8 Å². The summed E-state index contributed by atoms with van der Waals surface area (Å²) in [6, 6.07) is 6.82. The Morgan fingerprint density at radius 1 is 1.48 bits per heavy atom. The second-order valence-electron chi connectivity index (χ2n) is 6.24. The molecule has 0 bridgehead atoms. The molecule has 0 radical (unpaired) electrons. The maximum atomic E-state index is 10.9. The molecule has 7 heteroatoms. The van der Waals surface area contributed by atoms with Gasteiger partial charge in [-0.3, -0.25) is 15.0 Å². The standard InChI is InChI=1S/C16H20N4O3/c1-11(2)14-7-4-8-19(14)10-15-17-16(18-23-15)12-5-3-6-13(9-12)20(21)22/h3,5-6,9,11,14H,4,7-8,10H2,1-2H3/t14-/m0/s1. The van der Waals surface area contributed by atoms with Crippen LogP contribution < -0.4 is 0 Å². The zero-order valence-corrected chi connectivity index (χ0v) is 13.3.